The van der Waals surface area contributed by atoms with E-state index in [1.165, 1.54) is 5.56 Å². The second-order valence-electron chi connectivity index (χ2n) is 7.96. The molecule has 2 aliphatic rings. The van der Waals surface area contributed by atoms with Crippen LogP contribution in [0.15, 0.2) is 24.3 Å². The van der Waals surface area contributed by atoms with Crippen molar-refractivity contribution in [2.75, 3.05) is 38.2 Å². The van der Waals surface area contributed by atoms with Crippen LogP contribution >= 0.6 is 0 Å². The maximum atomic E-state index is 12.5. The lowest BCUT2D eigenvalue weighted by Gasteiger charge is -2.37. The Morgan fingerprint density at radius 1 is 1.16 bits per heavy atom. The van der Waals surface area contributed by atoms with E-state index in [0.717, 1.165) is 31.6 Å². The number of nitrogens with zero attached hydrogens (tertiary/aromatic N) is 1. The highest BCUT2D eigenvalue weighted by atomic mass is 16.7. The molecule has 1 aromatic rings. The van der Waals surface area contributed by atoms with E-state index in [4.69, 9.17) is 9.47 Å². The lowest BCUT2D eigenvalue weighted by molar-refractivity contribution is -0.187. The molecular formula is C20H30N2O3. The standard InChI is InChI=1S/C20H30N2O3/c1-19(2,3)16-6-4-5-7-17(16)21-11-8-18(23)22-12-9-20(10-13-22)24-14-15-25-20/h4-7,21H,8-15H2,1-3H3. The van der Waals surface area contributed by atoms with Gasteiger partial charge in [0.25, 0.3) is 0 Å². The topological polar surface area (TPSA) is 50.8 Å². The molecule has 2 fully saturated rings. The van der Waals surface area contributed by atoms with Crippen molar-refractivity contribution >= 4 is 11.6 Å². The number of hydrogen-bond donors (Lipinski definition) is 1. The summed E-state index contributed by atoms with van der Waals surface area (Å²) in [4.78, 5) is 14.4. The van der Waals surface area contributed by atoms with E-state index in [2.05, 4.69) is 44.3 Å². The number of amides is 1. The second kappa shape index (κ2) is 7.34. The molecule has 1 N–H and O–H groups in total. The fourth-order valence-corrected chi connectivity index (χ4v) is 3.64. The molecule has 2 heterocycles. The van der Waals surface area contributed by atoms with Gasteiger partial charge in [0, 0.05) is 44.6 Å². The lowest BCUT2D eigenvalue weighted by atomic mass is 9.86. The highest BCUT2D eigenvalue weighted by Crippen LogP contribution is 2.32. The summed E-state index contributed by atoms with van der Waals surface area (Å²) in [6, 6.07) is 8.33. The summed E-state index contributed by atoms with van der Waals surface area (Å²) >= 11 is 0. The van der Waals surface area contributed by atoms with Gasteiger partial charge < -0.3 is 19.7 Å². The van der Waals surface area contributed by atoms with E-state index in [-0.39, 0.29) is 11.3 Å². The summed E-state index contributed by atoms with van der Waals surface area (Å²) < 4.78 is 11.4. The number of ether oxygens (including phenoxy) is 2. The van der Waals surface area contributed by atoms with E-state index in [9.17, 15) is 4.79 Å². The molecule has 138 valence electrons. The third-order valence-corrected chi connectivity index (χ3v) is 5.08. The maximum absolute atomic E-state index is 12.5. The second-order valence-corrected chi connectivity index (χ2v) is 7.96. The smallest absolute Gasteiger partial charge is 0.224 e. The molecule has 1 aromatic carbocycles. The third kappa shape index (κ3) is 4.33. The van der Waals surface area contributed by atoms with Crippen LogP contribution < -0.4 is 5.32 Å². The number of para-hydroxylation sites is 1. The zero-order valence-corrected chi connectivity index (χ0v) is 15.6. The van der Waals surface area contributed by atoms with Crippen molar-refractivity contribution in [2.24, 2.45) is 0 Å². The summed E-state index contributed by atoms with van der Waals surface area (Å²) in [5.74, 6) is -0.214. The first kappa shape index (κ1) is 18.2. The molecule has 25 heavy (non-hydrogen) atoms. The molecule has 3 rings (SSSR count). The Bertz CT molecular complexity index is 593. The molecule has 0 bridgehead atoms. The van der Waals surface area contributed by atoms with Crippen LogP contribution in [-0.2, 0) is 19.7 Å². The van der Waals surface area contributed by atoms with E-state index < -0.39 is 5.79 Å². The number of carbonyl (C=O) groups excluding carboxylic acids is 1. The zero-order chi connectivity index (χ0) is 17.9. The van der Waals surface area contributed by atoms with Crippen LogP contribution in [0.5, 0.6) is 0 Å². The normalized spacial score (nSPS) is 20.0. The molecule has 0 unspecified atom stereocenters. The van der Waals surface area contributed by atoms with Crippen LogP contribution in [0.3, 0.4) is 0 Å². The Morgan fingerprint density at radius 2 is 1.80 bits per heavy atom. The van der Waals surface area contributed by atoms with Gasteiger partial charge in [-0.15, -0.1) is 0 Å². The number of piperidine rings is 1. The first-order chi connectivity index (χ1) is 11.9. The predicted molar refractivity (Wildman–Crippen MR) is 98.7 cm³/mol. The molecule has 2 saturated heterocycles. The Balaban J connectivity index is 1.48. The average Bonchev–Trinajstić information content (AvgIpc) is 3.03. The van der Waals surface area contributed by atoms with Gasteiger partial charge in [0.15, 0.2) is 5.79 Å². The molecule has 1 spiro atoms. The summed E-state index contributed by atoms with van der Waals surface area (Å²) in [5.41, 5.74) is 2.47. The summed E-state index contributed by atoms with van der Waals surface area (Å²) in [5, 5.41) is 3.44. The molecule has 0 saturated carbocycles. The summed E-state index contributed by atoms with van der Waals surface area (Å²) in [6.07, 6.45) is 2.06. The molecule has 2 aliphatic heterocycles. The maximum Gasteiger partial charge on any atom is 0.224 e. The highest BCUT2D eigenvalue weighted by Gasteiger charge is 2.40. The van der Waals surface area contributed by atoms with Crippen molar-refractivity contribution in [2.45, 2.75) is 51.2 Å². The average molecular weight is 346 g/mol. The number of benzene rings is 1. The quantitative estimate of drug-likeness (QED) is 0.910. The molecule has 5 heteroatoms. The van der Waals surface area contributed by atoms with Crippen LogP contribution in [0.1, 0.15) is 45.6 Å². The minimum absolute atomic E-state index is 0.0794. The lowest BCUT2D eigenvalue weighted by Crippen LogP contribution is -2.47. The van der Waals surface area contributed by atoms with Crippen LogP contribution in [0.4, 0.5) is 5.69 Å². The van der Waals surface area contributed by atoms with Crippen molar-refractivity contribution in [3.63, 3.8) is 0 Å². The Hall–Kier alpha value is -1.59. The summed E-state index contributed by atoms with van der Waals surface area (Å²) in [7, 11) is 0. The number of carbonyl (C=O) groups is 1. The van der Waals surface area contributed by atoms with Crippen molar-refractivity contribution < 1.29 is 14.3 Å². The Labute approximate surface area is 150 Å². The van der Waals surface area contributed by atoms with Crippen LogP contribution in [0.25, 0.3) is 0 Å². The fraction of sp³-hybridized carbons (Fsp3) is 0.650. The number of anilines is 1. The Morgan fingerprint density at radius 3 is 2.44 bits per heavy atom. The third-order valence-electron chi connectivity index (χ3n) is 5.08. The van der Waals surface area contributed by atoms with Gasteiger partial charge in [0.2, 0.25) is 5.91 Å². The SMILES string of the molecule is CC(C)(C)c1ccccc1NCCC(=O)N1CCC2(CC1)OCCO2. The molecule has 0 radical (unpaired) electrons. The van der Waals surface area contributed by atoms with Crippen molar-refractivity contribution in [3.8, 4) is 0 Å². The molecule has 0 aromatic heterocycles. The van der Waals surface area contributed by atoms with Gasteiger partial charge in [-0.2, -0.15) is 0 Å². The van der Waals surface area contributed by atoms with Crippen LogP contribution in [0, 0.1) is 0 Å². The largest absolute Gasteiger partial charge is 0.384 e. The van der Waals surface area contributed by atoms with Gasteiger partial charge in [-0.25, -0.2) is 0 Å². The zero-order valence-electron chi connectivity index (χ0n) is 15.6. The Kier molecular flexibility index (Phi) is 5.35. The first-order valence-corrected chi connectivity index (χ1v) is 9.29. The van der Waals surface area contributed by atoms with E-state index in [1.807, 2.05) is 11.0 Å². The van der Waals surface area contributed by atoms with Gasteiger partial charge in [-0.05, 0) is 17.0 Å². The van der Waals surface area contributed by atoms with Crippen LogP contribution in [-0.4, -0.2) is 49.4 Å². The van der Waals surface area contributed by atoms with Gasteiger partial charge in [-0.1, -0.05) is 39.0 Å². The van der Waals surface area contributed by atoms with Gasteiger partial charge in [-0.3, -0.25) is 4.79 Å². The van der Waals surface area contributed by atoms with E-state index in [1.54, 1.807) is 0 Å². The van der Waals surface area contributed by atoms with Gasteiger partial charge in [0.1, 0.15) is 0 Å². The van der Waals surface area contributed by atoms with E-state index in [0.29, 0.717) is 26.2 Å². The molecule has 1 amide bonds. The number of rotatable bonds is 4. The summed E-state index contributed by atoms with van der Waals surface area (Å²) in [6.45, 7) is 10.0. The first-order valence-electron chi connectivity index (χ1n) is 9.29. The number of hydrogen-bond acceptors (Lipinski definition) is 4. The van der Waals surface area contributed by atoms with Crippen molar-refractivity contribution in [1.82, 2.24) is 4.90 Å². The van der Waals surface area contributed by atoms with Crippen molar-refractivity contribution in [3.05, 3.63) is 29.8 Å². The van der Waals surface area contributed by atoms with E-state index >= 15 is 0 Å². The van der Waals surface area contributed by atoms with Crippen molar-refractivity contribution in [1.29, 1.82) is 0 Å². The van der Waals surface area contributed by atoms with Crippen LogP contribution in [0.2, 0.25) is 0 Å². The minimum atomic E-state index is -0.416. The fourth-order valence-electron chi connectivity index (χ4n) is 3.64. The number of nitrogens with one attached hydrogen (secondary N) is 1. The predicted octanol–water partition coefficient (Wildman–Crippen LogP) is 3.15. The molecular weight excluding hydrogens is 316 g/mol. The molecule has 0 aliphatic carbocycles. The highest BCUT2D eigenvalue weighted by molar-refractivity contribution is 5.77. The molecule has 0 atom stereocenters. The number of likely N-dealkylation sites (tertiary alicyclic amines) is 1. The minimum Gasteiger partial charge on any atom is -0.384 e. The van der Waals surface area contributed by atoms with Gasteiger partial charge >= 0.3 is 0 Å². The van der Waals surface area contributed by atoms with Gasteiger partial charge in [0.05, 0.1) is 13.2 Å². The molecule has 5 nitrogen and oxygen atoms in total. The monoisotopic (exact) mass is 346 g/mol.